The fourth-order valence-electron chi connectivity index (χ4n) is 3.07. The highest BCUT2D eigenvalue weighted by atomic mass is 35.5. The van der Waals surface area contributed by atoms with Gasteiger partial charge in [0.1, 0.15) is 0 Å². The number of carbonyl (C=O) groups excluding carboxylic acids is 1. The molecule has 0 saturated heterocycles. The highest BCUT2D eigenvalue weighted by molar-refractivity contribution is 8.00. The van der Waals surface area contributed by atoms with Crippen molar-refractivity contribution in [3.8, 4) is 17.1 Å². The van der Waals surface area contributed by atoms with E-state index in [4.69, 9.17) is 11.6 Å². The van der Waals surface area contributed by atoms with Gasteiger partial charge in [-0.3, -0.25) is 14.3 Å². The molecular formula is C23H20ClN5OS. The lowest BCUT2D eigenvalue weighted by molar-refractivity contribution is -0.115. The van der Waals surface area contributed by atoms with E-state index in [9.17, 15) is 4.79 Å². The number of rotatable bonds is 6. The maximum absolute atomic E-state index is 12.8. The zero-order valence-corrected chi connectivity index (χ0v) is 18.6. The van der Waals surface area contributed by atoms with Gasteiger partial charge in [-0.2, -0.15) is 0 Å². The van der Waals surface area contributed by atoms with Crippen molar-refractivity contribution in [2.45, 2.75) is 24.3 Å². The molecule has 8 heteroatoms. The molecule has 2 aromatic carbocycles. The number of nitrogens with one attached hydrogen (secondary N) is 1. The Bertz CT molecular complexity index is 1210. The van der Waals surface area contributed by atoms with Crippen LogP contribution in [0, 0.1) is 6.92 Å². The summed E-state index contributed by atoms with van der Waals surface area (Å²) in [6.07, 6.45) is 3.47. The van der Waals surface area contributed by atoms with Crippen molar-refractivity contribution in [3.05, 3.63) is 83.6 Å². The van der Waals surface area contributed by atoms with Crippen LogP contribution in [0.25, 0.3) is 17.1 Å². The molecule has 0 aliphatic heterocycles. The number of thioether (sulfide) groups is 1. The molecule has 1 amide bonds. The summed E-state index contributed by atoms with van der Waals surface area (Å²) in [4.78, 5) is 17.0. The largest absolute Gasteiger partial charge is 0.324 e. The number of hydrogen-bond donors (Lipinski definition) is 1. The van der Waals surface area contributed by atoms with Crippen LogP contribution >= 0.6 is 23.4 Å². The lowest BCUT2D eigenvalue weighted by Gasteiger charge is -2.15. The second-order valence-corrected chi connectivity index (χ2v) is 8.61. The van der Waals surface area contributed by atoms with E-state index < -0.39 is 5.25 Å². The third kappa shape index (κ3) is 4.62. The molecule has 0 aliphatic carbocycles. The fourth-order valence-corrected chi connectivity index (χ4v) is 4.11. The number of aromatic nitrogens is 4. The van der Waals surface area contributed by atoms with Gasteiger partial charge in [-0.05, 0) is 49.7 Å². The summed E-state index contributed by atoms with van der Waals surface area (Å²) in [5.74, 6) is 0.504. The second-order valence-electron chi connectivity index (χ2n) is 6.90. The number of para-hydroxylation sites is 2. The predicted octanol–water partition coefficient (Wildman–Crippen LogP) is 5.41. The van der Waals surface area contributed by atoms with Crippen molar-refractivity contribution in [1.29, 1.82) is 0 Å². The molecule has 31 heavy (non-hydrogen) atoms. The minimum absolute atomic E-state index is 0.166. The van der Waals surface area contributed by atoms with E-state index in [1.54, 1.807) is 24.5 Å². The Hall–Kier alpha value is -3.16. The van der Waals surface area contributed by atoms with Gasteiger partial charge in [0.25, 0.3) is 0 Å². The van der Waals surface area contributed by atoms with Crippen molar-refractivity contribution in [3.63, 3.8) is 0 Å². The average Bonchev–Trinajstić information content (AvgIpc) is 3.19. The Morgan fingerprint density at radius 2 is 1.84 bits per heavy atom. The maximum Gasteiger partial charge on any atom is 0.237 e. The second kappa shape index (κ2) is 9.32. The van der Waals surface area contributed by atoms with Gasteiger partial charge in [0, 0.05) is 18.0 Å². The normalized spacial score (nSPS) is 11.8. The Morgan fingerprint density at radius 1 is 1.06 bits per heavy atom. The molecule has 0 aliphatic rings. The van der Waals surface area contributed by atoms with Crippen molar-refractivity contribution in [2.24, 2.45) is 0 Å². The molecule has 0 radical (unpaired) electrons. The number of pyridine rings is 1. The minimum atomic E-state index is -0.426. The number of aryl methyl sites for hydroxylation is 1. The van der Waals surface area contributed by atoms with E-state index in [1.165, 1.54) is 11.8 Å². The van der Waals surface area contributed by atoms with Crippen LogP contribution in [0.2, 0.25) is 5.02 Å². The van der Waals surface area contributed by atoms with E-state index in [-0.39, 0.29) is 5.91 Å². The third-order valence-corrected chi connectivity index (χ3v) is 6.06. The van der Waals surface area contributed by atoms with E-state index in [1.807, 2.05) is 66.9 Å². The van der Waals surface area contributed by atoms with Gasteiger partial charge >= 0.3 is 0 Å². The summed E-state index contributed by atoms with van der Waals surface area (Å²) in [5, 5.41) is 12.4. The number of amides is 1. The van der Waals surface area contributed by atoms with Gasteiger partial charge < -0.3 is 5.32 Å². The number of nitrogens with zero attached hydrogens (tertiary/aromatic N) is 4. The third-order valence-electron chi connectivity index (χ3n) is 4.69. The van der Waals surface area contributed by atoms with Gasteiger partial charge in [0.05, 0.1) is 21.6 Å². The SMILES string of the molecule is Cc1ccccc1-n1c(SC(C)C(=O)Nc2ccccc2Cl)nnc1-c1cccnc1. The molecule has 6 nitrogen and oxygen atoms in total. The smallest absolute Gasteiger partial charge is 0.237 e. The molecule has 0 spiro atoms. The Balaban J connectivity index is 1.67. The van der Waals surface area contributed by atoms with Crippen LogP contribution in [0.15, 0.2) is 78.2 Å². The standard InChI is InChI=1S/C23H20ClN5OS/c1-15-8-3-6-12-20(15)29-21(17-9-7-13-25-14-17)27-28-23(29)31-16(2)22(30)26-19-11-5-4-10-18(19)24/h3-14,16H,1-2H3,(H,26,30). The van der Waals surface area contributed by atoms with Gasteiger partial charge in [-0.15, -0.1) is 10.2 Å². The summed E-state index contributed by atoms with van der Waals surface area (Å²) >= 11 is 7.51. The molecule has 156 valence electrons. The maximum atomic E-state index is 12.8. The Labute approximate surface area is 189 Å². The molecule has 1 atom stereocenters. The molecule has 4 aromatic rings. The van der Waals surface area contributed by atoms with Crippen molar-refractivity contribution >= 4 is 35.0 Å². The van der Waals surface area contributed by atoms with Gasteiger partial charge in [0.15, 0.2) is 11.0 Å². The van der Waals surface area contributed by atoms with E-state index in [2.05, 4.69) is 20.5 Å². The van der Waals surface area contributed by atoms with Crippen molar-refractivity contribution < 1.29 is 4.79 Å². The highest BCUT2D eigenvalue weighted by Crippen LogP contribution is 2.32. The van der Waals surface area contributed by atoms with E-state index in [0.717, 1.165) is 16.8 Å². The number of halogens is 1. The molecule has 0 fully saturated rings. The van der Waals surface area contributed by atoms with Crippen LogP contribution in [0.1, 0.15) is 12.5 Å². The molecule has 0 saturated carbocycles. The lowest BCUT2D eigenvalue weighted by atomic mass is 10.2. The monoisotopic (exact) mass is 449 g/mol. The molecule has 1 N–H and O–H groups in total. The molecule has 1 unspecified atom stereocenters. The van der Waals surface area contributed by atoms with E-state index in [0.29, 0.717) is 21.7 Å². The summed E-state index contributed by atoms with van der Waals surface area (Å²) in [6, 6.07) is 19.0. The van der Waals surface area contributed by atoms with Crippen LogP contribution in [-0.4, -0.2) is 30.9 Å². The topological polar surface area (TPSA) is 72.7 Å². The number of hydrogen-bond acceptors (Lipinski definition) is 5. The molecule has 4 rings (SSSR count). The van der Waals surface area contributed by atoms with Crippen LogP contribution in [0.3, 0.4) is 0 Å². The van der Waals surface area contributed by atoms with Crippen LogP contribution in [0.4, 0.5) is 5.69 Å². The zero-order valence-electron chi connectivity index (χ0n) is 17.0. The first-order valence-electron chi connectivity index (χ1n) is 9.68. The number of benzene rings is 2. The first-order valence-corrected chi connectivity index (χ1v) is 10.9. The zero-order chi connectivity index (χ0) is 21.8. The summed E-state index contributed by atoms with van der Waals surface area (Å²) < 4.78 is 1.97. The highest BCUT2D eigenvalue weighted by Gasteiger charge is 2.23. The Morgan fingerprint density at radius 3 is 2.58 bits per heavy atom. The van der Waals surface area contributed by atoms with E-state index >= 15 is 0 Å². The van der Waals surface area contributed by atoms with Crippen LogP contribution in [-0.2, 0) is 4.79 Å². The van der Waals surface area contributed by atoms with Crippen LogP contribution in [0.5, 0.6) is 0 Å². The average molecular weight is 450 g/mol. The molecule has 0 bridgehead atoms. The first-order chi connectivity index (χ1) is 15.0. The van der Waals surface area contributed by atoms with Crippen LogP contribution < -0.4 is 5.32 Å². The number of carbonyl (C=O) groups is 1. The number of anilines is 1. The summed E-state index contributed by atoms with van der Waals surface area (Å²) in [6.45, 7) is 3.86. The summed E-state index contributed by atoms with van der Waals surface area (Å²) in [7, 11) is 0. The van der Waals surface area contributed by atoms with Gasteiger partial charge in [-0.1, -0.05) is 53.7 Å². The van der Waals surface area contributed by atoms with Gasteiger partial charge in [0.2, 0.25) is 5.91 Å². The van der Waals surface area contributed by atoms with Crippen molar-refractivity contribution in [1.82, 2.24) is 19.7 Å². The van der Waals surface area contributed by atoms with Crippen molar-refractivity contribution in [2.75, 3.05) is 5.32 Å². The molecular weight excluding hydrogens is 430 g/mol. The quantitative estimate of drug-likeness (QED) is 0.398. The fraction of sp³-hybridized carbons (Fsp3) is 0.130. The minimum Gasteiger partial charge on any atom is -0.324 e. The summed E-state index contributed by atoms with van der Waals surface area (Å²) in [5.41, 5.74) is 3.45. The molecule has 2 aromatic heterocycles. The Kier molecular flexibility index (Phi) is 6.34. The lowest BCUT2D eigenvalue weighted by Crippen LogP contribution is -2.23. The first kappa shape index (κ1) is 21.1. The molecule has 2 heterocycles. The van der Waals surface area contributed by atoms with Gasteiger partial charge in [-0.25, -0.2) is 0 Å². The predicted molar refractivity (Wildman–Crippen MR) is 125 cm³/mol.